The standard InChI is InChI=1S/C15H20N4/c1-3-11-4-6-12(7-5-11)10-19(2)14-9-8-13(16)15(17)18-14/h4-9H,3,10,16H2,1-2H3,(H2,17,18). The highest BCUT2D eigenvalue weighted by atomic mass is 15.2. The first-order valence-electron chi connectivity index (χ1n) is 6.41. The van der Waals surface area contributed by atoms with E-state index in [1.165, 1.54) is 11.1 Å². The number of nitrogen functional groups attached to an aromatic ring is 2. The lowest BCUT2D eigenvalue weighted by Gasteiger charge is -2.19. The molecule has 0 fully saturated rings. The normalized spacial score (nSPS) is 10.4. The molecule has 0 aliphatic carbocycles. The molecular weight excluding hydrogens is 236 g/mol. The molecule has 0 saturated heterocycles. The number of hydrogen-bond acceptors (Lipinski definition) is 4. The van der Waals surface area contributed by atoms with Gasteiger partial charge in [-0.2, -0.15) is 0 Å². The summed E-state index contributed by atoms with van der Waals surface area (Å²) in [6.07, 6.45) is 1.06. The molecular formula is C15H20N4. The minimum absolute atomic E-state index is 0.380. The SMILES string of the molecule is CCc1ccc(CN(C)c2ccc(N)c(N)n2)cc1. The van der Waals surface area contributed by atoms with Gasteiger partial charge in [0.05, 0.1) is 5.69 Å². The van der Waals surface area contributed by atoms with Crippen LogP contribution in [0.25, 0.3) is 0 Å². The van der Waals surface area contributed by atoms with Gasteiger partial charge >= 0.3 is 0 Å². The topological polar surface area (TPSA) is 68.2 Å². The van der Waals surface area contributed by atoms with Crippen LogP contribution in [0, 0.1) is 0 Å². The van der Waals surface area contributed by atoms with Gasteiger partial charge in [0.25, 0.3) is 0 Å². The third kappa shape index (κ3) is 3.16. The second kappa shape index (κ2) is 5.61. The molecule has 1 aromatic carbocycles. The average Bonchev–Trinajstić information content (AvgIpc) is 2.42. The fourth-order valence-electron chi connectivity index (χ4n) is 1.92. The molecule has 100 valence electrons. The van der Waals surface area contributed by atoms with Crippen LogP contribution in [0.15, 0.2) is 36.4 Å². The fourth-order valence-corrected chi connectivity index (χ4v) is 1.92. The number of pyridine rings is 1. The molecule has 0 amide bonds. The van der Waals surface area contributed by atoms with E-state index in [1.807, 2.05) is 13.1 Å². The van der Waals surface area contributed by atoms with Crippen molar-refractivity contribution in [3.8, 4) is 0 Å². The van der Waals surface area contributed by atoms with Crippen LogP contribution >= 0.6 is 0 Å². The van der Waals surface area contributed by atoms with Gasteiger partial charge in [-0.25, -0.2) is 4.98 Å². The van der Waals surface area contributed by atoms with E-state index < -0.39 is 0 Å². The zero-order valence-electron chi connectivity index (χ0n) is 11.4. The third-order valence-corrected chi connectivity index (χ3v) is 3.18. The van der Waals surface area contributed by atoms with Gasteiger partial charge in [-0.1, -0.05) is 31.2 Å². The predicted octanol–water partition coefficient (Wildman–Crippen LogP) is 2.44. The van der Waals surface area contributed by atoms with Crippen molar-refractivity contribution in [2.45, 2.75) is 19.9 Å². The Kier molecular flexibility index (Phi) is 3.90. The number of benzene rings is 1. The molecule has 0 unspecified atom stereocenters. The van der Waals surface area contributed by atoms with Crippen LogP contribution in [0.3, 0.4) is 0 Å². The lowest BCUT2D eigenvalue weighted by atomic mass is 10.1. The summed E-state index contributed by atoms with van der Waals surface area (Å²) in [7, 11) is 1.99. The smallest absolute Gasteiger partial charge is 0.149 e. The monoisotopic (exact) mass is 256 g/mol. The van der Waals surface area contributed by atoms with Crippen molar-refractivity contribution in [2.24, 2.45) is 0 Å². The molecule has 0 spiro atoms. The highest BCUT2D eigenvalue weighted by Gasteiger charge is 2.05. The van der Waals surface area contributed by atoms with Crippen LogP contribution in [-0.4, -0.2) is 12.0 Å². The molecule has 0 bridgehead atoms. The number of nitrogens with two attached hydrogens (primary N) is 2. The summed E-state index contributed by atoms with van der Waals surface area (Å²) in [6, 6.07) is 12.3. The van der Waals surface area contributed by atoms with Gasteiger partial charge in [0.1, 0.15) is 11.6 Å². The van der Waals surface area contributed by atoms with Gasteiger partial charge in [0.15, 0.2) is 0 Å². The maximum atomic E-state index is 5.73. The summed E-state index contributed by atoms with van der Waals surface area (Å²) < 4.78 is 0. The molecule has 4 N–H and O–H groups in total. The van der Waals surface area contributed by atoms with Crippen molar-refractivity contribution >= 4 is 17.3 Å². The highest BCUT2D eigenvalue weighted by Crippen LogP contribution is 2.19. The zero-order valence-corrected chi connectivity index (χ0v) is 11.4. The largest absolute Gasteiger partial charge is 0.396 e. The third-order valence-electron chi connectivity index (χ3n) is 3.18. The van der Waals surface area contributed by atoms with E-state index in [0.29, 0.717) is 11.5 Å². The number of aryl methyl sites for hydroxylation is 1. The Morgan fingerprint density at radius 1 is 1.00 bits per heavy atom. The number of nitrogens with zero attached hydrogens (tertiary/aromatic N) is 2. The predicted molar refractivity (Wildman–Crippen MR) is 81.0 cm³/mol. The second-order valence-electron chi connectivity index (χ2n) is 4.67. The lowest BCUT2D eigenvalue weighted by Crippen LogP contribution is -2.18. The van der Waals surface area contributed by atoms with E-state index in [4.69, 9.17) is 11.5 Å². The molecule has 0 radical (unpaired) electrons. The van der Waals surface area contributed by atoms with Crippen molar-refractivity contribution in [3.05, 3.63) is 47.5 Å². The Bertz CT molecular complexity index is 549. The average molecular weight is 256 g/mol. The van der Waals surface area contributed by atoms with Crippen LogP contribution in [0.1, 0.15) is 18.1 Å². The Hall–Kier alpha value is -2.23. The van der Waals surface area contributed by atoms with Gasteiger partial charge in [-0.15, -0.1) is 0 Å². The zero-order chi connectivity index (χ0) is 13.8. The fraction of sp³-hybridized carbons (Fsp3) is 0.267. The molecule has 1 aromatic heterocycles. The summed E-state index contributed by atoms with van der Waals surface area (Å²) in [4.78, 5) is 6.33. The minimum atomic E-state index is 0.380. The second-order valence-corrected chi connectivity index (χ2v) is 4.67. The van der Waals surface area contributed by atoms with E-state index in [-0.39, 0.29) is 0 Å². The maximum Gasteiger partial charge on any atom is 0.149 e. The molecule has 2 aromatic rings. The number of anilines is 3. The minimum Gasteiger partial charge on any atom is -0.396 e. The van der Waals surface area contributed by atoms with Gasteiger partial charge in [0.2, 0.25) is 0 Å². The summed E-state index contributed by atoms with van der Waals surface area (Å²) in [6.45, 7) is 2.95. The van der Waals surface area contributed by atoms with Crippen LogP contribution in [0.4, 0.5) is 17.3 Å². The van der Waals surface area contributed by atoms with Crippen LogP contribution < -0.4 is 16.4 Å². The molecule has 0 saturated carbocycles. The Morgan fingerprint density at radius 3 is 2.21 bits per heavy atom. The molecule has 4 heteroatoms. The molecule has 0 aliphatic heterocycles. The number of rotatable bonds is 4. The van der Waals surface area contributed by atoms with Crippen molar-refractivity contribution in [2.75, 3.05) is 23.4 Å². The molecule has 4 nitrogen and oxygen atoms in total. The quantitative estimate of drug-likeness (QED) is 0.881. The first-order valence-corrected chi connectivity index (χ1v) is 6.41. The molecule has 19 heavy (non-hydrogen) atoms. The van der Waals surface area contributed by atoms with Crippen molar-refractivity contribution in [1.29, 1.82) is 0 Å². The summed E-state index contributed by atoms with van der Waals surface area (Å²) in [5.74, 6) is 1.21. The van der Waals surface area contributed by atoms with Gasteiger partial charge in [0, 0.05) is 13.6 Å². The molecule has 2 rings (SSSR count). The van der Waals surface area contributed by atoms with Crippen LogP contribution in [0.5, 0.6) is 0 Å². The van der Waals surface area contributed by atoms with E-state index >= 15 is 0 Å². The summed E-state index contributed by atoms with van der Waals surface area (Å²) in [5, 5.41) is 0. The van der Waals surface area contributed by atoms with Crippen LogP contribution in [0.2, 0.25) is 0 Å². The van der Waals surface area contributed by atoms with Gasteiger partial charge in [-0.05, 0) is 29.7 Å². The Balaban J connectivity index is 2.10. The number of hydrogen-bond donors (Lipinski definition) is 2. The first kappa shape index (κ1) is 13.2. The lowest BCUT2D eigenvalue weighted by molar-refractivity contribution is 0.898. The van der Waals surface area contributed by atoms with Crippen LogP contribution in [-0.2, 0) is 13.0 Å². The Morgan fingerprint density at radius 2 is 1.63 bits per heavy atom. The maximum absolute atomic E-state index is 5.73. The molecule has 0 atom stereocenters. The van der Waals surface area contributed by atoms with Gasteiger partial charge < -0.3 is 16.4 Å². The van der Waals surface area contributed by atoms with E-state index in [9.17, 15) is 0 Å². The Labute approximate surface area is 114 Å². The van der Waals surface area contributed by atoms with E-state index in [0.717, 1.165) is 18.8 Å². The summed E-state index contributed by atoms with van der Waals surface area (Å²) >= 11 is 0. The summed E-state index contributed by atoms with van der Waals surface area (Å²) in [5.41, 5.74) is 14.5. The highest BCUT2D eigenvalue weighted by molar-refractivity contribution is 5.62. The molecule has 1 heterocycles. The van der Waals surface area contributed by atoms with E-state index in [1.54, 1.807) is 6.07 Å². The number of aromatic nitrogens is 1. The molecule has 0 aliphatic rings. The van der Waals surface area contributed by atoms with Crippen molar-refractivity contribution in [1.82, 2.24) is 4.98 Å². The van der Waals surface area contributed by atoms with E-state index in [2.05, 4.69) is 41.1 Å². The first-order chi connectivity index (χ1) is 9.10. The van der Waals surface area contributed by atoms with Gasteiger partial charge in [-0.3, -0.25) is 0 Å². The van der Waals surface area contributed by atoms with Crippen molar-refractivity contribution < 1.29 is 0 Å². The van der Waals surface area contributed by atoms with Crippen molar-refractivity contribution in [3.63, 3.8) is 0 Å².